The molecule has 1 aliphatic rings. The number of anilines is 2. The highest BCUT2D eigenvalue weighted by Crippen LogP contribution is 2.26. The second-order valence-electron chi connectivity index (χ2n) is 6.32. The number of hydrogen-bond donors (Lipinski definition) is 2. The number of nitrogens with two attached hydrogens (primary N) is 1. The molecule has 28 heavy (non-hydrogen) atoms. The minimum absolute atomic E-state index is 0.165. The van der Waals surface area contributed by atoms with Crippen LogP contribution in [0.25, 0.3) is 0 Å². The molecule has 0 radical (unpaired) electrons. The number of ether oxygens (including phenoxy) is 1. The van der Waals surface area contributed by atoms with E-state index in [4.69, 9.17) is 10.5 Å². The van der Waals surface area contributed by atoms with Gasteiger partial charge in [0.05, 0.1) is 18.5 Å². The fourth-order valence-electron chi connectivity index (χ4n) is 2.83. The molecule has 0 bridgehead atoms. The topological polar surface area (TPSA) is 114 Å². The summed E-state index contributed by atoms with van der Waals surface area (Å²) >= 11 is 0. The van der Waals surface area contributed by atoms with E-state index in [1.54, 1.807) is 12.1 Å². The molecule has 0 saturated heterocycles. The molecule has 3 amide bonds. The molecule has 0 aliphatic carbocycles. The number of amides is 3. The molecular weight excluding hydrogens is 360 g/mol. The number of methoxy groups -OCH3 is 1. The van der Waals surface area contributed by atoms with Crippen molar-refractivity contribution in [1.29, 1.82) is 0 Å². The smallest absolute Gasteiger partial charge is 0.271 e. The Hall–Kier alpha value is -3.68. The van der Waals surface area contributed by atoms with E-state index >= 15 is 0 Å². The number of hydrazone groups is 1. The summed E-state index contributed by atoms with van der Waals surface area (Å²) in [6.07, 6.45) is 0.378. The maximum absolute atomic E-state index is 12.7. The van der Waals surface area contributed by atoms with Crippen LogP contribution in [0.4, 0.5) is 11.4 Å². The molecule has 0 spiro atoms. The van der Waals surface area contributed by atoms with E-state index in [9.17, 15) is 14.4 Å². The van der Waals surface area contributed by atoms with E-state index in [1.165, 1.54) is 24.3 Å². The van der Waals surface area contributed by atoms with Crippen molar-refractivity contribution in [1.82, 2.24) is 0 Å². The van der Waals surface area contributed by atoms with Crippen LogP contribution in [0, 0.1) is 6.92 Å². The van der Waals surface area contributed by atoms with Gasteiger partial charge in [0.15, 0.2) is 0 Å². The van der Waals surface area contributed by atoms with E-state index in [0.29, 0.717) is 17.1 Å². The summed E-state index contributed by atoms with van der Waals surface area (Å²) in [6.45, 7) is 1.91. The third-order valence-electron chi connectivity index (χ3n) is 4.27. The second kappa shape index (κ2) is 7.91. The van der Waals surface area contributed by atoms with E-state index in [2.05, 4.69) is 10.4 Å². The average Bonchev–Trinajstić information content (AvgIpc) is 2.68. The van der Waals surface area contributed by atoms with Crippen molar-refractivity contribution in [3.8, 4) is 5.75 Å². The lowest BCUT2D eigenvalue weighted by atomic mass is 10.1. The molecule has 1 heterocycles. The van der Waals surface area contributed by atoms with E-state index in [0.717, 1.165) is 5.56 Å². The number of benzene rings is 2. The van der Waals surface area contributed by atoms with Crippen LogP contribution in [0.1, 0.15) is 28.8 Å². The number of primary amides is 1. The molecule has 0 fully saturated rings. The second-order valence-corrected chi connectivity index (χ2v) is 6.32. The van der Waals surface area contributed by atoms with Crippen LogP contribution in [0.5, 0.6) is 5.75 Å². The quantitative estimate of drug-likeness (QED) is 0.828. The molecule has 1 aliphatic heterocycles. The first-order chi connectivity index (χ1) is 13.4. The van der Waals surface area contributed by atoms with Crippen molar-refractivity contribution in [2.45, 2.75) is 19.8 Å². The summed E-state index contributed by atoms with van der Waals surface area (Å²) in [7, 11) is 1.45. The number of nitrogens with one attached hydrogen (secondary N) is 1. The number of carbonyl (C=O) groups is 3. The minimum atomic E-state index is -0.621. The lowest BCUT2D eigenvalue weighted by Gasteiger charge is -2.23. The molecule has 0 unspecified atom stereocenters. The first-order valence-corrected chi connectivity index (χ1v) is 8.65. The van der Waals surface area contributed by atoms with Crippen LogP contribution in [-0.2, 0) is 9.59 Å². The standard InChI is InChI=1S/C20H20N4O4/c1-12-4-3-5-14(10-12)24-18(25)9-7-15(23-24)20(27)22-16-11-13(19(21)26)6-8-17(16)28-2/h3-6,8,10-11H,7,9H2,1-2H3,(H2,21,26)(H,22,27). The van der Waals surface area contributed by atoms with Gasteiger partial charge in [-0.05, 0) is 42.8 Å². The highest BCUT2D eigenvalue weighted by atomic mass is 16.5. The van der Waals surface area contributed by atoms with Crippen LogP contribution in [0.2, 0.25) is 0 Å². The van der Waals surface area contributed by atoms with Gasteiger partial charge in [0.2, 0.25) is 11.8 Å². The third kappa shape index (κ3) is 4.01. The Labute approximate surface area is 162 Å². The zero-order valence-corrected chi connectivity index (χ0v) is 15.6. The van der Waals surface area contributed by atoms with Crippen molar-refractivity contribution in [3.05, 3.63) is 53.6 Å². The van der Waals surface area contributed by atoms with Crippen LogP contribution >= 0.6 is 0 Å². The summed E-state index contributed by atoms with van der Waals surface area (Å²) in [5, 5.41) is 8.16. The Morgan fingerprint density at radius 1 is 1.18 bits per heavy atom. The third-order valence-corrected chi connectivity index (χ3v) is 4.27. The molecule has 0 aromatic heterocycles. The Morgan fingerprint density at radius 2 is 1.96 bits per heavy atom. The summed E-state index contributed by atoms with van der Waals surface area (Å²) in [5.41, 5.74) is 7.61. The maximum Gasteiger partial charge on any atom is 0.271 e. The van der Waals surface area contributed by atoms with Crippen molar-refractivity contribution in [2.24, 2.45) is 10.8 Å². The SMILES string of the molecule is COc1ccc(C(N)=O)cc1NC(=O)C1=NN(c2cccc(C)c2)C(=O)CC1. The zero-order chi connectivity index (χ0) is 20.3. The fraction of sp³-hybridized carbons (Fsp3) is 0.200. The van der Waals surface area contributed by atoms with Crippen molar-refractivity contribution in [2.75, 3.05) is 17.4 Å². The first kappa shape index (κ1) is 19.1. The lowest BCUT2D eigenvalue weighted by Crippen LogP contribution is -2.36. The van der Waals surface area contributed by atoms with Gasteiger partial charge in [-0.25, -0.2) is 5.01 Å². The largest absolute Gasteiger partial charge is 0.495 e. The Morgan fingerprint density at radius 3 is 2.64 bits per heavy atom. The molecular formula is C20H20N4O4. The predicted molar refractivity (Wildman–Crippen MR) is 105 cm³/mol. The number of nitrogens with zero attached hydrogens (tertiary/aromatic N) is 2. The van der Waals surface area contributed by atoms with Gasteiger partial charge >= 0.3 is 0 Å². The molecule has 3 N–H and O–H groups in total. The molecule has 8 nitrogen and oxygen atoms in total. The van der Waals surface area contributed by atoms with Gasteiger partial charge in [-0.15, -0.1) is 0 Å². The summed E-state index contributed by atoms with van der Waals surface area (Å²) in [6, 6.07) is 11.8. The van der Waals surface area contributed by atoms with E-state index in [-0.39, 0.29) is 30.0 Å². The van der Waals surface area contributed by atoms with Gasteiger partial charge < -0.3 is 15.8 Å². The number of aryl methyl sites for hydroxylation is 1. The Bertz CT molecular complexity index is 984. The number of carbonyl (C=O) groups excluding carboxylic acids is 3. The van der Waals surface area contributed by atoms with E-state index in [1.807, 2.05) is 25.1 Å². The molecule has 0 atom stereocenters. The zero-order valence-electron chi connectivity index (χ0n) is 15.6. The van der Waals surface area contributed by atoms with Gasteiger partial charge in [0.25, 0.3) is 5.91 Å². The van der Waals surface area contributed by atoms with Crippen LogP contribution in [0.15, 0.2) is 47.6 Å². The van der Waals surface area contributed by atoms with Gasteiger partial charge in [0, 0.05) is 18.4 Å². The highest BCUT2D eigenvalue weighted by Gasteiger charge is 2.26. The highest BCUT2D eigenvalue weighted by molar-refractivity contribution is 6.44. The maximum atomic E-state index is 12.7. The van der Waals surface area contributed by atoms with Crippen molar-refractivity contribution >= 4 is 34.8 Å². The van der Waals surface area contributed by atoms with E-state index < -0.39 is 11.8 Å². The number of rotatable bonds is 5. The Kier molecular flexibility index (Phi) is 5.39. The molecule has 2 aromatic rings. The number of hydrogen-bond acceptors (Lipinski definition) is 5. The molecule has 8 heteroatoms. The van der Waals surface area contributed by atoms with Crippen LogP contribution < -0.4 is 20.8 Å². The summed E-state index contributed by atoms with van der Waals surface area (Å²) in [4.78, 5) is 36.4. The fourth-order valence-corrected chi connectivity index (χ4v) is 2.83. The molecule has 144 valence electrons. The Balaban J connectivity index is 1.88. The molecule has 0 saturated carbocycles. The van der Waals surface area contributed by atoms with Crippen LogP contribution in [0.3, 0.4) is 0 Å². The van der Waals surface area contributed by atoms with Crippen molar-refractivity contribution in [3.63, 3.8) is 0 Å². The minimum Gasteiger partial charge on any atom is -0.495 e. The van der Waals surface area contributed by atoms with Crippen LogP contribution in [-0.4, -0.2) is 30.5 Å². The van der Waals surface area contributed by atoms with Gasteiger partial charge in [0.1, 0.15) is 11.5 Å². The van der Waals surface area contributed by atoms with Gasteiger partial charge in [-0.1, -0.05) is 12.1 Å². The summed E-state index contributed by atoms with van der Waals surface area (Å²) < 4.78 is 5.22. The lowest BCUT2D eigenvalue weighted by molar-refractivity contribution is -0.118. The predicted octanol–water partition coefficient (Wildman–Crippen LogP) is 2.22. The summed E-state index contributed by atoms with van der Waals surface area (Å²) in [5.74, 6) is -0.911. The van der Waals surface area contributed by atoms with Gasteiger partial charge in [-0.2, -0.15) is 5.10 Å². The molecule has 3 rings (SSSR count). The average molecular weight is 380 g/mol. The normalized spacial score (nSPS) is 13.7. The molecule has 2 aromatic carbocycles. The van der Waals surface area contributed by atoms with Crippen molar-refractivity contribution < 1.29 is 19.1 Å². The monoisotopic (exact) mass is 380 g/mol. The van der Waals surface area contributed by atoms with Gasteiger partial charge in [-0.3, -0.25) is 14.4 Å². The first-order valence-electron chi connectivity index (χ1n) is 8.65.